The molecule has 0 aromatic heterocycles. The Kier molecular flexibility index (Phi) is 8.20. The highest BCUT2D eigenvalue weighted by atomic mass is 32.2. The molecule has 0 spiro atoms. The Bertz CT molecular complexity index is 2600. The Labute approximate surface area is 320 Å². The molecule has 2 atom stereocenters. The van der Waals surface area contributed by atoms with Crippen LogP contribution in [0.3, 0.4) is 0 Å². The summed E-state index contributed by atoms with van der Waals surface area (Å²) in [6.07, 6.45) is 6.26. The molecule has 0 saturated heterocycles. The van der Waals surface area contributed by atoms with Crippen molar-refractivity contribution < 1.29 is 0 Å². The highest BCUT2D eigenvalue weighted by Crippen LogP contribution is 2.53. The first kappa shape index (κ1) is 32.2. The molecule has 0 radical (unpaired) electrons. The maximum atomic E-state index is 4.33. The standard InChI is InChI=1S/C50H37NS2/c1-2-39-40(32-13-5-3-6-14-32)25-26-45(34-15-7-4-8-16-34)51-50(39)35-23-21-33(22-24-35)43-27-38-30-48-49(31-44(38)42-20-12-11-19-41(42)43)53-47-29-37-18-10-9-17-36(37)28-46(47)52-48/h2-25,28-31,43,45,51H,1,26-27H2/t43-,45?/m1/s1. The number of benzene rings is 7. The van der Waals surface area contributed by atoms with E-state index in [0.717, 1.165) is 24.1 Å². The predicted octanol–water partition coefficient (Wildman–Crippen LogP) is 13.5. The van der Waals surface area contributed by atoms with Crippen LogP contribution in [0, 0.1) is 0 Å². The molecule has 0 saturated carbocycles. The zero-order chi connectivity index (χ0) is 35.3. The summed E-state index contributed by atoms with van der Waals surface area (Å²) >= 11 is 3.84. The van der Waals surface area contributed by atoms with Crippen LogP contribution in [0.4, 0.5) is 0 Å². The fourth-order valence-corrected chi connectivity index (χ4v) is 10.7. The number of nitrogens with one attached hydrogen (secondary N) is 1. The first-order chi connectivity index (χ1) is 26.2. The third kappa shape index (κ3) is 5.85. The molecule has 3 heteroatoms. The number of allylic oxidation sites excluding steroid dienone is 3. The molecule has 1 N–H and O–H groups in total. The summed E-state index contributed by atoms with van der Waals surface area (Å²) in [7, 11) is 0. The Hall–Kier alpha value is -5.48. The first-order valence-electron chi connectivity index (χ1n) is 18.4. The van der Waals surface area contributed by atoms with Crippen molar-refractivity contribution in [3.63, 3.8) is 0 Å². The van der Waals surface area contributed by atoms with E-state index in [-0.39, 0.29) is 12.0 Å². The second kappa shape index (κ2) is 13.5. The van der Waals surface area contributed by atoms with Gasteiger partial charge in [0.25, 0.3) is 0 Å². The van der Waals surface area contributed by atoms with Gasteiger partial charge in [0, 0.05) is 36.8 Å². The third-order valence-electron chi connectivity index (χ3n) is 11.0. The van der Waals surface area contributed by atoms with E-state index in [2.05, 4.69) is 176 Å². The first-order valence-corrected chi connectivity index (χ1v) is 20.0. The lowest BCUT2D eigenvalue weighted by Gasteiger charge is -2.30. The zero-order valence-electron chi connectivity index (χ0n) is 29.3. The van der Waals surface area contributed by atoms with Gasteiger partial charge < -0.3 is 5.32 Å². The second-order valence-corrected chi connectivity index (χ2v) is 16.3. The number of hydrogen-bond donors (Lipinski definition) is 1. The highest BCUT2D eigenvalue weighted by Gasteiger charge is 2.29. The number of rotatable bonds is 5. The molecule has 3 aliphatic rings. The molecule has 1 nitrogen and oxygen atoms in total. The van der Waals surface area contributed by atoms with E-state index in [1.54, 1.807) is 0 Å². The van der Waals surface area contributed by atoms with Gasteiger partial charge in [0.1, 0.15) is 0 Å². The monoisotopic (exact) mass is 715 g/mol. The van der Waals surface area contributed by atoms with Crippen molar-refractivity contribution in [1.29, 1.82) is 0 Å². The molecule has 1 aliphatic carbocycles. The van der Waals surface area contributed by atoms with Crippen molar-refractivity contribution in [2.24, 2.45) is 0 Å². The van der Waals surface area contributed by atoms with E-state index < -0.39 is 0 Å². The summed E-state index contributed by atoms with van der Waals surface area (Å²) in [6.45, 7) is 4.33. The van der Waals surface area contributed by atoms with Gasteiger partial charge in [0.15, 0.2) is 0 Å². The lowest BCUT2D eigenvalue weighted by Crippen LogP contribution is -2.20. The molecule has 2 heterocycles. The SMILES string of the molecule is C=CC1=C(c2ccc([C@H]3Cc4cc5c(cc4-c4ccccc43)Sc3cc4ccccc4cc3S5)cc2)NC(c2ccccc2)CC=C1c1ccccc1. The molecular weight excluding hydrogens is 679 g/mol. The molecule has 7 aromatic rings. The van der Waals surface area contributed by atoms with Crippen molar-refractivity contribution >= 4 is 45.6 Å². The van der Waals surface area contributed by atoms with Crippen molar-refractivity contribution in [2.45, 2.75) is 44.4 Å². The van der Waals surface area contributed by atoms with Crippen molar-refractivity contribution in [2.75, 3.05) is 0 Å². The predicted molar refractivity (Wildman–Crippen MR) is 225 cm³/mol. The van der Waals surface area contributed by atoms with E-state index in [4.69, 9.17) is 0 Å². The van der Waals surface area contributed by atoms with Crippen LogP contribution < -0.4 is 5.32 Å². The quantitative estimate of drug-likeness (QED) is 0.191. The van der Waals surface area contributed by atoms with Crippen molar-refractivity contribution in [3.8, 4) is 11.1 Å². The van der Waals surface area contributed by atoms with Crippen LogP contribution in [-0.4, -0.2) is 0 Å². The summed E-state index contributed by atoms with van der Waals surface area (Å²) in [5.41, 5.74) is 14.0. The van der Waals surface area contributed by atoms with Gasteiger partial charge in [-0.25, -0.2) is 0 Å². The largest absolute Gasteiger partial charge is 0.377 e. The van der Waals surface area contributed by atoms with Gasteiger partial charge in [-0.15, -0.1) is 0 Å². The molecule has 2 aliphatic heterocycles. The van der Waals surface area contributed by atoms with E-state index in [0.29, 0.717) is 0 Å². The lowest BCUT2D eigenvalue weighted by molar-refractivity contribution is 0.647. The second-order valence-electron chi connectivity index (χ2n) is 14.1. The fourth-order valence-electron chi connectivity index (χ4n) is 8.37. The third-order valence-corrected chi connectivity index (χ3v) is 13.5. The lowest BCUT2D eigenvalue weighted by atomic mass is 9.75. The van der Waals surface area contributed by atoms with E-state index in [1.807, 2.05) is 29.6 Å². The van der Waals surface area contributed by atoms with E-state index in [9.17, 15) is 0 Å². The molecule has 0 bridgehead atoms. The van der Waals surface area contributed by atoms with Gasteiger partial charge in [0.05, 0.1) is 6.04 Å². The van der Waals surface area contributed by atoms with Crippen LogP contribution in [0.2, 0.25) is 0 Å². The van der Waals surface area contributed by atoms with E-state index in [1.165, 1.54) is 80.4 Å². The fraction of sp³-hybridized carbons (Fsp3) is 0.0800. The van der Waals surface area contributed by atoms with Crippen LogP contribution in [0.15, 0.2) is 202 Å². The molecule has 0 fully saturated rings. The van der Waals surface area contributed by atoms with Gasteiger partial charge in [-0.2, -0.15) is 0 Å². The maximum absolute atomic E-state index is 4.33. The normalized spacial score (nSPS) is 17.4. The summed E-state index contributed by atoms with van der Waals surface area (Å²) in [6, 6.07) is 58.4. The van der Waals surface area contributed by atoms with Gasteiger partial charge in [0.2, 0.25) is 0 Å². The average molecular weight is 716 g/mol. The molecule has 7 aromatic carbocycles. The van der Waals surface area contributed by atoms with Crippen LogP contribution in [0.5, 0.6) is 0 Å². The minimum atomic E-state index is 0.149. The highest BCUT2D eigenvalue weighted by molar-refractivity contribution is 8.05. The summed E-state index contributed by atoms with van der Waals surface area (Å²) in [5.74, 6) is 0.273. The minimum absolute atomic E-state index is 0.149. The van der Waals surface area contributed by atoms with Crippen LogP contribution in [-0.2, 0) is 6.42 Å². The minimum Gasteiger partial charge on any atom is -0.377 e. The summed E-state index contributed by atoms with van der Waals surface area (Å²) in [5, 5.41) is 6.58. The maximum Gasteiger partial charge on any atom is 0.0548 e. The topological polar surface area (TPSA) is 12.0 Å². The van der Waals surface area contributed by atoms with Crippen LogP contribution >= 0.6 is 23.5 Å². The Morgan fingerprint density at radius 2 is 1.19 bits per heavy atom. The molecular formula is C50H37NS2. The van der Waals surface area contributed by atoms with Crippen LogP contribution in [0.1, 0.15) is 51.8 Å². The smallest absolute Gasteiger partial charge is 0.0548 e. The zero-order valence-corrected chi connectivity index (χ0v) is 30.9. The van der Waals surface area contributed by atoms with Crippen molar-refractivity contribution in [3.05, 3.63) is 215 Å². The molecule has 0 amide bonds. The van der Waals surface area contributed by atoms with Gasteiger partial charge in [-0.1, -0.05) is 176 Å². The van der Waals surface area contributed by atoms with Gasteiger partial charge in [-0.05, 0) is 98.0 Å². The Balaban J connectivity index is 1.01. The van der Waals surface area contributed by atoms with E-state index >= 15 is 0 Å². The average Bonchev–Trinajstić information content (AvgIpc) is 3.42. The molecule has 53 heavy (non-hydrogen) atoms. The number of hydrogen-bond acceptors (Lipinski definition) is 3. The summed E-state index contributed by atoms with van der Waals surface area (Å²) < 4.78 is 0. The molecule has 10 rings (SSSR count). The Morgan fingerprint density at radius 3 is 1.91 bits per heavy atom. The number of fused-ring (bicyclic) bond motifs is 6. The Morgan fingerprint density at radius 1 is 0.566 bits per heavy atom. The molecule has 254 valence electrons. The van der Waals surface area contributed by atoms with Crippen molar-refractivity contribution in [1.82, 2.24) is 5.32 Å². The summed E-state index contributed by atoms with van der Waals surface area (Å²) in [4.78, 5) is 5.42. The molecule has 1 unspecified atom stereocenters. The van der Waals surface area contributed by atoms with Gasteiger partial charge >= 0.3 is 0 Å². The van der Waals surface area contributed by atoms with Gasteiger partial charge in [-0.3, -0.25) is 0 Å². The van der Waals surface area contributed by atoms with Crippen LogP contribution in [0.25, 0.3) is 33.2 Å².